The third-order valence-corrected chi connectivity index (χ3v) is 3.45. The average Bonchev–Trinajstić information content (AvgIpc) is 2.45. The quantitative estimate of drug-likeness (QED) is 0.480. The number of nitrogens with one attached hydrogen (secondary N) is 2. The van der Waals surface area contributed by atoms with Gasteiger partial charge < -0.3 is 10.6 Å². The van der Waals surface area contributed by atoms with Crippen molar-refractivity contribution in [2.24, 2.45) is 0 Å². The Morgan fingerprint density at radius 3 is 2.81 bits per heavy atom. The molecule has 0 radical (unpaired) electrons. The molecule has 1 aliphatic heterocycles. The number of carbonyl (C=O) groups is 1. The maximum absolute atomic E-state index is 12.0. The van der Waals surface area contributed by atoms with E-state index in [1.165, 1.54) is 17.7 Å². The molecule has 0 spiro atoms. The normalized spacial score (nSPS) is 13.9. The van der Waals surface area contributed by atoms with E-state index in [9.17, 15) is 14.9 Å². The monoisotopic (exact) mass is 375 g/mol. The van der Waals surface area contributed by atoms with E-state index in [0.717, 1.165) is 19.5 Å². The van der Waals surface area contributed by atoms with E-state index in [2.05, 4.69) is 26.6 Å². The third-order valence-electron chi connectivity index (χ3n) is 2.99. The molecule has 2 rings (SSSR count). The first-order chi connectivity index (χ1) is 9.56. The molecule has 1 aromatic carbocycles. The fourth-order valence-electron chi connectivity index (χ4n) is 1.94. The van der Waals surface area contributed by atoms with Crippen molar-refractivity contribution in [3.63, 3.8) is 0 Å². The minimum atomic E-state index is -0.517. The largest absolute Gasteiger partial charge is 0.348 e. The molecule has 0 saturated heterocycles. The van der Waals surface area contributed by atoms with Crippen LogP contribution in [0.2, 0.25) is 0 Å². The lowest BCUT2D eigenvalue weighted by Gasteiger charge is -2.14. The van der Waals surface area contributed by atoms with Gasteiger partial charge in [0.1, 0.15) is 0 Å². The standard InChI is InChI=1S/C13H14BrN3O3.ClH/c14-11-5-10(6-12(7-11)17(19)20)13(18)16-8-9-1-3-15-4-2-9;/h1,5-7,15H,2-4,8H2,(H,16,18);1H. The van der Waals surface area contributed by atoms with Gasteiger partial charge in [0.25, 0.3) is 11.6 Å². The molecule has 6 nitrogen and oxygen atoms in total. The molecule has 0 aromatic heterocycles. The lowest BCUT2D eigenvalue weighted by atomic mass is 10.1. The summed E-state index contributed by atoms with van der Waals surface area (Å²) < 4.78 is 0.512. The molecule has 114 valence electrons. The van der Waals surface area contributed by atoms with Crippen molar-refractivity contribution in [1.29, 1.82) is 0 Å². The van der Waals surface area contributed by atoms with Crippen LogP contribution < -0.4 is 10.6 Å². The maximum atomic E-state index is 12.0. The summed E-state index contributed by atoms with van der Waals surface area (Å²) in [6, 6.07) is 4.21. The van der Waals surface area contributed by atoms with Crippen LogP contribution in [0, 0.1) is 10.1 Å². The molecule has 1 aromatic rings. The maximum Gasteiger partial charge on any atom is 0.271 e. The fraction of sp³-hybridized carbons (Fsp3) is 0.308. The molecule has 2 N–H and O–H groups in total. The Hall–Kier alpha value is -1.44. The molecule has 1 aliphatic rings. The summed E-state index contributed by atoms with van der Waals surface area (Å²) in [5.41, 5.74) is 1.34. The fourth-order valence-corrected chi connectivity index (χ4v) is 2.42. The van der Waals surface area contributed by atoms with Crippen molar-refractivity contribution >= 4 is 39.9 Å². The minimum absolute atomic E-state index is 0. The van der Waals surface area contributed by atoms with Crippen LogP contribution in [0.5, 0.6) is 0 Å². The lowest BCUT2D eigenvalue weighted by Crippen LogP contribution is -2.29. The van der Waals surface area contributed by atoms with Crippen molar-refractivity contribution < 1.29 is 9.72 Å². The first-order valence-electron chi connectivity index (χ1n) is 6.18. The molecule has 0 saturated carbocycles. The Labute approximate surface area is 136 Å². The van der Waals surface area contributed by atoms with Crippen molar-refractivity contribution in [3.8, 4) is 0 Å². The van der Waals surface area contributed by atoms with Crippen LogP contribution >= 0.6 is 28.3 Å². The first kappa shape index (κ1) is 17.6. The summed E-state index contributed by atoms with van der Waals surface area (Å²) in [6.07, 6.45) is 2.95. The first-order valence-corrected chi connectivity index (χ1v) is 6.97. The molecule has 21 heavy (non-hydrogen) atoms. The van der Waals surface area contributed by atoms with Gasteiger partial charge >= 0.3 is 0 Å². The van der Waals surface area contributed by atoms with Gasteiger partial charge in [0.15, 0.2) is 0 Å². The molecule has 0 bridgehead atoms. The van der Waals surface area contributed by atoms with Crippen molar-refractivity contribution in [1.82, 2.24) is 10.6 Å². The second kappa shape index (κ2) is 8.11. The summed E-state index contributed by atoms with van der Waals surface area (Å²) in [7, 11) is 0. The summed E-state index contributed by atoms with van der Waals surface area (Å²) >= 11 is 3.17. The van der Waals surface area contributed by atoms with Gasteiger partial charge in [-0.2, -0.15) is 0 Å². The molecular formula is C13H15BrClN3O3. The average molecular weight is 377 g/mol. The Balaban J connectivity index is 0.00000220. The van der Waals surface area contributed by atoms with Gasteiger partial charge in [0.05, 0.1) is 4.92 Å². The van der Waals surface area contributed by atoms with Gasteiger partial charge in [0.2, 0.25) is 0 Å². The van der Waals surface area contributed by atoms with E-state index in [1.807, 2.05) is 6.08 Å². The van der Waals surface area contributed by atoms with Crippen LogP contribution in [-0.4, -0.2) is 30.5 Å². The number of nitro benzene ring substituents is 1. The van der Waals surface area contributed by atoms with Gasteiger partial charge in [-0.1, -0.05) is 27.6 Å². The van der Waals surface area contributed by atoms with Crippen LogP contribution in [-0.2, 0) is 0 Å². The smallest absolute Gasteiger partial charge is 0.271 e. The molecule has 8 heteroatoms. The van der Waals surface area contributed by atoms with Crippen LogP contribution in [0.1, 0.15) is 16.8 Å². The van der Waals surface area contributed by atoms with Gasteiger partial charge in [-0.15, -0.1) is 12.4 Å². The molecular weight excluding hydrogens is 362 g/mol. The van der Waals surface area contributed by atoms with E-state index < -0.39 is 4.92 Å². The number of nitro groups is 1. The van der Waals surface area contributed by atoms with Gasteiger partial charge in [-0.05, 0) is 19.0 Å². The van der Waals surface area contributed by atoms with E-state index >= 15 is 0 Å². The Kier molecular flexibility index (Phi) is 6.80. The third kappa shape index (κ3) is 5.11. The van der Waals surface area contributed by atoms with Crippen LogP contribution in [0.25, 0.3) is 0 Å². The Morgan fingerprint density at radius 2 is 2.19 bits per heavy atom. The molecule has 0 unspecified atom stereocenters. The van der Waals surface area contributed by atoms with E-state index in [4.69, 9.17) is 0 Å². The highest BCUT2D eigenvalue weighted by molar-refractivity contribution is 9.10. The van der Waals surface area contributed by atoms with Crippen molar-refractivity contribution in [3.05, 3.63) is 50.0 Å². The van der Waals surface area contributed by atoms with E-state index in [1.54, 1.807) is 6.07 Å². The molecule has 0 fully saturated rings. The number of nitrogens with zero attached hydrogens (tertiary/aromatic N) is 1. The van der Waals surface area contributed by atoms with Crippen molar-refractivity contribution in [2.75, 3.05) is 19.6 Å². The zero-order valence-corrected chi connectivity index (χ0v) is 13.5. The minimum Gasteiger partial charge on any atom is -0.348 e. The van der Waals surface area contributed by atoms with Crippen molar-refractivity contribution in [2.45, 2.75) is 6.42 Å². The summed E-state index contributed by atoms with van der Waals surface area (Å²) in [6.45, 7) is 2.19. The highest BCUT2D eigenvalue weighted by atomic mass is 79.9. The number of hydrogen-bond donors (Lipinski definition) is 2. The van der Waals surface area contributed by atoms with Gasteiger partial charge in [-0.3, -0.25) is 14.9 Å². The van der Waals surface area contributed by atoms with E-state index in [0.29, 0.717) is 11.0 Å². The van der Waals surface area contributed by atoms with Gasteiger partial charge in [0, 0.05) is 35.3 Å². The molecule has 1 amide bonds. The summed E-state index contributed by atoms with van der Waals surface area (Å²) in [4.78, 5) is 22.3. The van der Waals surface area contributed by atoms with Gasteiger partial charge in [-0.25, -0.2) is 0 Å². The number of hydrogen-bond acceptors (Lipinski definition) is 4. The number of non-ortho nitro benzene ring substituents is 1. The Morgan fingerprint density at radius 1 is 1.43 bits per heavy atom. The summed E-state index contributed by atoms with van der Waals surface area (Å²) in [5, 5.41) is 16.7. The second-order valence-electron chi connectivity index (χ2n) is 4.45. The molecule has 0 atom stereocenters. The number of rotatable bonds is 4. The predicted molar refractivity (Wildman–Crippen MR) is 85.9 cm³/mol. The number of amides is 1. The number of benzene rings is 1. The highest BCUT2D eigenvalue weighted by Crippen LogP contribution is 2.21. The summed E-state index contributed by atoms with van der Waals surface area (Å²) in [5.74, 6) is -0.311. The predicted octanol–water partition coefficient (Wildman–Crippen LogP) is 2.43. The molecule has 1 heterocycles. The zero-order valence-electron chi connectivity index (χ0n) is 11.1. The van der Waals surface area contributed by atoms with Crippen LogP contribution in [0.4, 0.5) is 5.69 Å². The Bertz CT molecular complexity index is 578. The van der Waals surface area contributed by atoms with Crippen LogP contribution in [0.15, 0.2) is 34.3 Å². The second-order valence-corrected chi connectivity index (χ2v) is 5.37. The van der Waals surface area contributed by atoms with Crippen LogP contribution in [0.3, 0.4) is 0 Å². The number of halogens is 2. The molecule has 0 aliphatic carbocycles. The zero-order chi connectivity index (χ0) is 14.5. The number of carbonyl (C=O) groups excluding carboxylic acids is 1. The van der Waals surface area contributed by atoms with E-state index in [-0.39, 0.29) is 29.6 Å². The topological polar surface area (TPSA) is 84.3 Å². The lowest BCUT2D eigenvalue weighted by molar-refractivity contribution is -0.385. The SMILES string of the molecule is Cl.O=C(NCC1=CCNCC1)c1cc(Br)cc([N+](=O)[O-])c1. The highest BCUT2D eigenvalue weighted by Gasteiger charge is 2.14.